The first-order chi connectivity index (χ1) is 16.0. The molecule has 0 fully saturated rings. The summed E-state index contributed by atoms with van der Waals surface area (Å²) in [5, 5.41) is 0. The Kier molecular flexibility index (Phi) is 5.29. The van der Waals surface area contributed by atoms with E-state index in [-0.39, 0.29) is 5.70 Å². The fourth-order valence-electron chi connectivity index (χ4n) is 4.12. The van der Waals surface area contributed by atoms with E-state index >= 15 is 0 Å². The number of anilines is 1. The van der Waals surface area contributed by atoms with Crippen LogP contribution in [0.4, 0.5) is 14.6 Å². The smallest absolute Gasteiger partial charge is 0.331 e. The predicted octanol–water partition coefficient (Wildman–Crippen LogP) is 4.15. The summed E-state index contributed by atoms with van der Waals surface area (Å²) >= 11 is 0. The molecule has 0 spiro atoms. The van der Waals surface area contributed by atoms with Crippen LogP contribution in [0.5, 0.6) is 0 Å². The highest BCUT2D eigenvalue weighted by atomic mass is 19.3. The van der Waals surface area contributed by atoms with Crippen LogP contribution in [0.1, 0.15) is 23.2 Å². The number of rotatable bonds is 5. The summed E-state index contributed by atoms with van der Waals surface area (Å²) in [6.45, 7) is -2.79. The van der Waals surface area contributed by atoms with Gasteiger partial charge in [0, 0.05) is 18.1 Å². The fourth-order valence-corrected chi connectivity index (χ4v) is 4.12. The Hall–Kier alpha value is -4.14. The van der Waals surface area contributed by atoms with Crippen molar-refractivity contribution in [3.63, 3.8) is 0 Å². The van der Waals surface area contributed by atoms with Gasteiger partial charge in [-0.2, -0.15) is 8.78 Å². The molecule has 166 valence electrons. The lowest BCUT2D eigenvalue weighted by Gasteiger charge is -2.12. The molecule has 9 heteroatoms. The van der Waals surface area contributed by atoms with E-state index in [1.807, 2.05) is 16.7 Å². The maximum atomic E-state index is 12.3. The van der Waals surface area contributed by atoms with Crippen LogP contribution in [-0.2, 0) is 12.8 Å². The topological polar surface area (TPSA) is 108 Å². The number of halogens is 2. The average molecular weight is 445 g/mol. The van der Waals surface area contributed by atoms with Crippen LogP contribution in [0.25, 0.3) is 33.9 Å². The molecule has 5 rings (SSSR count). The van der Waals surface area contributed by atoms with Gasteiger partial charge in [-0.1, -0.05) is 6.07 Å². The lowest BCUT2D eigenvalue weighted by molar-refractivity contribution is 0.161. The molecule has 33 heavy (non-hydrogen) atoms. The molecule has 4 aromatic rings. The standard InChI is InChI=1S/C24H21F2N7/c25-24(26)30-12-10-18(27)19-8-9-20-23(31-19)33(16-7-6-14-3-1-4-15(14)13-16)22(32-20)17-5-2-11-29-21(17)28/h2,5-13,24H,1,3-4,27H2,(H2,28,29)/b18-10-,30-12+. The van der Waals surface area contributed by atoms with Crippen molar-refractivity contribution in [1.29, 1.82) is 0 Å². The van der Waals surface area contributed by atoms with E-state index in [9.17, 15) is 8.78 Å². The van der Waals surface area contributed by atoms with Crippen LogP contribution in [0.15, 0.2) is 59.7 Å². The van der Waals surface area contributed by atoms with Gasteiger partial charge in [0.1, 0.15) is 11.3 Å². The summed E-state index contributed by atoms with van der Waals surface area (Å²) in [5.41, 5.74) is 18.4. The minimum Gasteiger partial charge on any atom is -0.397 e. The molecule has 0 saturated carbocycles. The summed E-state index contributed by atoms with van der Waals surface area (Å²) < 4.78 is 26.6. The first-order valence-corrected chi connectivity index (χ1v) is 10.5. The maximum Gasteiger partial charge on any atom is 0.331 e. The van der Waals surface area contributed by atoms with Gasteiger partial charge in [0.25, 0.3) is 0 Å². The second-order valence-corrected chi connectivity index (χ2v) is 7.75. The minimum absolute atomic E-state index is 0.213. The van der Waals surface area contributed by atoms with E-state index in [0.717, 1.165) is 31.2 Å². The number of fused-ring (bicyclic) bond motifs is 2. The number of nitrogens with two attached hydrogens (primary N) is 2. The molecule has 1 aromatic carbocycles. The third-order valence-electron chi connectivity index (χ3n) is 5.67. The largest absolute Gasteiger partial charge is 0.397 e. The Bertz CT molecular complexity index is 1410. The molecular weight excluding hydrogens is 424 g/mol. The number of aliphatic imine (C=N–C) groups is 1. The summed E-state index contributed by atoms with van der Waals surface area (Å²) in [5.74, 6) is 0.970. The van der Waals surface area contributed by atoms with Crippen molar-refractivity contribution in [1.82, 2.24) is 19.5 Å². The van der Waals surface area contributed by atoms with Crippen molar-refractivity contribution in [3.05, 3.63) is 71.6 Å². The summed E-state index contributed by atoms with van der Waals surface area (Å²) in [6.07, 6.45) is 7.15. The second kappa shape index (κ2) is 8.42. The molecule has 4 N–H and O–H groups in total. The van der Waals surface area contributed by atoms with E-state index in [1.165, 1.54) is 17.2 Å². The van der Waals surface area contributed by atoms with Gasteiger partial charge in [-0.25, -0.2) is 19.9 Å². The number of allylic oxidation sites excluding steroid dienone is 1. The summed E-state index contributed by atoms with van der Waals surface area (Å²) in [7, 11) is 0. The number of aromatic nitrogens is 4. The molecular formula is C24H21F2N7. The third-order valence-corrected chi connectivity index (χ3v) is 5.67. The fraction of sp³-hybridized carbons (Fsp3) is 0.167. The molecule has 0 unspecified atom stereocenters. The molecule has 3 aromatic heterocycles. The Morgan fingerprint density at radius 2 is 1.94 bits per heavy atom. The normalized spacial score (nSPS) is 14.0. The molecule has 0 amide bonds. The van der Waals surface area contributed by atoms with Crippen LogP contribution < -0.4 is 11.5 Å². The first-order valence-electron chi connectivity index (χ1n) is 10.5. The van der Waals surface area contributed by atoms with Crippen molar-refractivity contribution in [2.75, 3.05) is 5.73 Å². The van der Waals surface area contributed by atoms with E-state index in [2.05, 4.69) is 22.1 Å². The lowest BCUT2D eigenvalue weighted by atomic mass is 10.1. The third kappa shape index (κ3) is 3.93. The number of benzene rings is 1. The number of nitrogens with zero attached hydrogens (tertiary/aromatic N) is 5. The molecule has 0 saturated heterocycles. The molecule has 7 nitrogen and oxygen atoms in total. The van der Waals surface area contributed by atoms with Crippen LogP contribution in [0, 0.1) is 0 Å². The monoisotopic (exact) mass is 445 g/mol. The van der Waals surface area contributed by atoms with E-state index in [0.29, 0.717) is 34.1 Å². The van der Waals surface area contributed by atoms with Gasteiger partial charge in [-0.05, 0) is 72.9 Å². The maximum absolute atomic E-state index is 12.3. The summed E-state index contributed by atoms with van der Waals surface area (Å²) in [4.78, 5) is 16.7. The van der Waals surface area contributed by atoms with Crippen LogP contribution in [-0.4, -0.2) is 32.3 Å². The van der Waals surface area contributed by atoms with Crippen molar-refractivity contribution >= 4 is 28.9 Å². The quantitative estimate of drug-likeness (QED) is 0.354. The van der Waals surface area contributed by atoms with Crippen molar-refractivity contribution in [3.8, 4) is 17.1 Å². The van der Waals surface area contributed by atoms with Crippen LogP contribution in [0.3, 0.4) is 0 Å². The van der Waals surface area contributed by atoms with E-state index < -0.39 is 6.55 Å². The van der Waals surface area contributed by atoms with Gasteiger partial charge in [0.15, 0.2) is 11.5 Å². The Labute approximate surface area is 188 Å². The van der Waals surface area contributed by atoms with Gasteiger partial charge in [-0.15, -0.1) is 0 Å². The molecule has 0 radical (unpaired) electrons. The number of imidazole rings is 1. The number of hydrogen-bond acceptors (Lipinski definition) is 6. The molecule has 1 aliphatic carbocycles. The second-order valence-electron chi connectivity index (χ2n) is 7.75. The Balaban J connectivity index is 1.72. The SMILES string of the molecule is N/C(=C\C=N\C(F)F)c1ccc2nc(-c3cccnc3N)n(-c3ccc4c(c3)CCC4)c2n1. The van der Waals surface area contributed by atoms with Gasteiger partial charge in [-0.3, -0.25) is 4.57 Å². The minimum atomic E-state index is -2.79. The molecule has 1 aliphatic rings. The first kappa shape index (κ1) is 20.7. The molecule has 0 aliphatic heterocycles. The molecule has 0 atom stereocenters. The Morgan fingerprint density at radius 1 is 1.09 bits per heavy atom. The zero-order chi connectivity index (χ0) is 22.9. The van der Waals surface area contributed by atoms with Crippen molar-refractivity contribution < 1.29 is 8.78 Å². The summed E-state index contributed by atoms with van der Waals surface area (Å²) in [6, 6.07) is 13.5. The number of nitrogen functional groups attached to an aromatic ring is 1. The zero-order valence-corrected chi connectivity index (χ0v) is 17.6. The Morgan fingerprint density at radius 3 is 2.76 bits per heavy atom. The zero-order valence-electron chi connectivity index (χ0n) is 17.6. The average Bonchev–Trinajstić information content (AvgIpc) is 3.42. The predicted molar refractivity (Wildman–Crippen MR) is 125 cm³/mol. The number of hydrogen-bond donors (Lipinski definition) is 2. The molecule has 0 bridgehead atoms. The van der Waals surface area contributed by atoms with Gasteiger partial charge < -0.3 is 11.5 Å². The van der Waals surface area contributed by atoms with Gasteiger partial charge >= 0.3 is 6.55 Å². The van der Waals surface area contributed by atoms with E-state index in [4.69, 9.17) is 21.4 Å². The lowest BCUT2D eigenvalue weighted by Crippen LogP contribution is -2.04. The highest BCUT2D eigenvalue weighted by Crippen LogP contribution is 2.32. The van der Waals surface area contributed by atoms with Crippen LogP contribution >= 0.6 is 0 Å². The van der Waals surface area contributed by atoms with Crippen LogP contribution in [0.2, 0.25) is 0 Å². The van der Waals surface area contributed by atoms with Crippen molar-refractivity contribution in [2.45, 2.75) is 25.8 Å². The number of alkyl halides is 2. The number of aryl methyl sites for hydroxylation is 2. The highest BCUT2D eigenvalue weighted by Gasteiger charge is 2.20. The van der Waals surface area contributed by atoms with Gasteiger partial charge in [0.2, 0.25) is 0 Å². The number of pyridine rings is 2. The highest BCUT2D eigenvalue weighted by molar-refractivity contribution is 5.86. The van der Waals surface area contributed by atoms with Gasteiger partial charge in [0.05, 0.1) is 17.0 Å². The van der Waals surface area contributed by atoms with E-state index in [1.54, 1.807) is 24.4 Å². The van der Waals surface area contributed by atoms with Crippen molar-refractivity contribution in [2.24, 2.45) is 10.7 Å². The molecule has 3 heterocycles.